The molecule has 0 aliphatic rings. The van der Waals surface area contributed by atoms with Crippen LogP contribution in [0.5, 0.6) is 34.5 Å². The predicted octanol–water partition coefficient (Wildman–Crippen LogP) is 2.49. The third-order valence-corrected chi connectivity index (χ3v) is 3.93. The van der Waals surface area contributed by atoms with Gasteiger partial charge in [-0.25, -0.2) is 0 Å². The molecule has 8 nitrogen and oxygen atoms in total. The summed E-state index contributed by atoms with van der Waals surface area (Å²) in [6.07, 6.45) is 0.793. The van der Waals surface area contributed by atoms with Gasteiger partial charge < -0.3 is 42.1 Å². The van der Waals surface area contributed by atoms with Crippen LogP contribution in [0.3, 0.4) is 0 Å². The summed E-state index contributed by atoms with van der Waals surface area (Å²) in [6.45, 7) is 2.00. The molecule has 8 heteroatoms. The number of rotatable bonds is 1. The summed E-state index contributed by atoms with van der Waals surface area (Å²) in [5.74, 6) is -4.47. The van der Waals surface area contributed by atoms with Crippen molar-refractivity contribution >= 4 is 22.1 Å². The Bertz CT molecular complexity index is 867. The van der Waals surface area contributed by atoms with E-state index >= 15 is 0 Å². The topological polar surface area (TPSA) is 173 Å². The van der Waals surface area contributed by atoms with Gasteiger partial charge in [0.25, 0.3) is 0 Å². The molecule has 0 saturated carbocycles. The lowest BCUT2D eigenvalue weighted by atomic mass is 10.0. The molecule has 0 aromatic heterocycles. The summed E-state index contributed by atoms with van der Waals surface area (Å²) in [6, 6.07) is 9.80. The van der Waals surface area contributed by atoms with E-state index in [1.54, 1.807) is 0 Å². The van der Waals surface area contributed by atoms with Crippen LogP contribution in [-0.2, 0) is 6.42 Å². The largest absolute Gasteiger partial charge is 0.505 e. The molecule has 0 aliphatic carbocycles. The van der Waals surface area contributed by atoms with E-state index in [4.69, 9.17) is 37.0 Å². The van der Waals surface area contributed by atoms with Gasteiger partial charge in [0.15, 0.2) is 11.5 Å². The number of aryl methyl sites for hydroxylation is 1. The number of fused-ring (bicyclic) bond motifs is 1. The second kappa shape index (κ2) is 7.06. The lowest BCUT2D eigenvalue weighted by Crippen LogP contribution is -1.92. The first-order valence-corrected chi connectivity index (χ1v) is 7.63. The van der Waals surface area contributed by atoms with Gasteiger partial charge in [0.1, 0.15) is 11.4 Å². The first-order chi connectivity index (χ1) is 12.2. The van der Waals surface area contributed by atoms with Crippen LogP contribution < -0.4 is 11.5 Å². The number of anilines is 2. The van der Waals surface area contributed by atoms with Gasteiger partial charge in [-0.05, 0) is 23.4 Å². The molecule has 10 N–H and O–H groups in total. The third-order valence-electron chi connectivity index (χ3n) is 3.93. The molecule has 0 heterocycles. The third kappa shape index (κ3) is 3.12. The molecule has 0 radical (unpaired) electrons. The summed E-state index contributed by atoms with van der Waals surface area (Å²) >= 11 is 0. The van der Waals surface area contributed by atoms with Crippen LogP contribution in [0.15, 0.2) is 30.3 Å². The van der Waals surface area contributed by atoms with Crippen LogP contribution >= 0.6 is 0 Å². The zero-order valence-corrected chi connectivity index (χ0v) is 13.9. The van der Waals surface area contributed by atoms with Crippen molar-refractivity contribution in [2.24, 2.45) is 0 Å². The first kappa shape index (κ1) is 18.7. The monoisotopic (exact) mass is 360 g/mol. The van der Waals surface area contributed by atoms with Crippen molar-refractivity contribution in [3.8, 4) is 34.5 Å². The van der Waals surface area contributed by atoms with E-state index in [2.05, 4.69) is 0 Å². The Morgan fingerprint density at radius 3 is 1.73 bits per heavy atom. The Balaban J connectivity index is 0.000000190. The standard InChI is InChI=1S/C12H13NO.C6H7NO5/c1-2-8-7-9-5-3-4-6-10(9)11(13)12(8)14;7-1-2(8)4(10)6(12)5(11)3(1)9/h3-7,14H,2,13H2,1H3;8-12H,7H2. The van der Waals surface area contributed by atoms with Crippen LogP contribution in [0.1, 0.15) is 12.5 Å². The molecule has 0 unspecified atom stereocenters. The molecule has 0 aliphatic heterocycles. The quantitative estimate of drug-likeness (QED) is 0.185. The van der Waals surface area contributed by atoms with Crippen molar-refractivity contribution in [3.63, 3.8) is 0 Å². The first-order valence-electron chi connectivity index (χ1n) is 7.63. The number of nitrogens with two attached hydrogens (primary N) is 2. The highest BCUT2D eigenvalue weighted by molar-refractivity contribution is 5.96. The van der Waals surface area contributed by atoms with Crippen molar-refractivity contribution in [3.05, 3.63) is 35.9 Å². The fraction of sp³-hybridized carbons (Fsp3) is 0.111. The molecule has 0 atom stereocenters. The number of benzene rings is 3. The lowest BCUT2D eigenvalue weighted by Gasteiger charge is -2.08. The van der Waals surface area contributed by atoms with Gasteiger partial charge >= 0.3 is 0 Å². The summed E-state index contributed by atoms with van der Waals surface area (Å²) in [5, 5.41) is 56.0. The molecule has 0 bridgehead atoms. The van der Waals surface area contributed by atoms with Crippen LogP contribution in [0, 0.1) is 0 Å². The smallest absolute Gasteiger partial charge is 0.208 e. The van der Waals surface area contributed by atoms with E-state index < -0.39 is 34.4 Å². The fourth-order valence-electron chi connectivity index (χ4n) is 2.40. The second-order valence-electron chi connectivity index (χ2n) is 5.53. The highest BCUT2D eigenvalue weighted by Gasteiger charge is 2.20. The maximum atomic E-state index is 9.77. The van der Waals surface area contributed by atoms with Crippen molar-refractivity contribution in [2.45, 2.75) is 13.3 Å². The Labute approximate surface area is 148 Å². The van der Waals surface area contributed by atoms with Gasteiger partial charge in [-0.3, -0.25) is 0 Å². The minimum atomic E-state index is -1.01. The minimum Gasteiger partial charge on any atom is -0.505 e. The highest BCUT2D eigenvalue weighted by Crippen LogP contribution is 2.52. The molecular formula is C18H20N2O6. The second-order valence-corrected chi connectivity index (χ2v) is 5.53. The van der Waals surface area contributed by atoms with Gasteiger partial charge in [-0.15, -0.1) is 0 Å². The molecular weight excluding hydrogens is 340 g/mol. The zero-order chi connectivity index (χ0) is 19.6. The summed E-state index contributed by atoms with van der Waals surface area (Å²) < 4.78 is 0. The summed E-state index contributed by atoms with van der Waals surface area (Å²) in [5.41, 5.74) is 11.7. The van der Waals surface area contributed by atoms with Crippen LogP contribution in [0.25, 0.3) is 10.8 Å². The van der Waals surface area contributed by atoms with Crippen molar-refractivity contribution in [2.75, 3.05) is 11.5 Å². The van der Waals surface area contributed by atoms with Crippen LogP contribution in [0.4, 0.5) is 11.4 Å². The molecule has 0 saturated heterocycles. The number of phenolic OH excluding ortho intramolecular Hbond substituents is 6. The molecule has 0 spiro atoms. The lowest BCUT2D eigenvalue weighted by molar-refractivity contribution is 0.330. The van der Waals surface area contributed by atoms with E-state index in [9.17, 15) is 5.11 Å². The van der Waals surface area contributed by atoms with Crippen LogP contribution in [-0.4, -0.2) is 30.6 Å². The molecule has 0 amide bonds. The van der Waals surface area contributed by atoms with Crippen molar-refractivity contribution in [1.82, 2.24) is 0 Å². The van der Waals surface area contributed by atoms with Crippen molar-refractivity contribution < 1.29 is 30.6 Å². The fourth-order valence-corrected chi connectivity index (χ4v) is 2.40. The zero-order valence-electron chi connectivity index (χ0n) is 13.9. The molecule has 0 fully saturated rings. The molecule has 3 rings (SSSR count). The maximum Gasteiger partial charge on any atom is 0.208 e. The van der Waals surface area contributed by atoms with E-state index in [0.717, 1.165) is 22.8 Å². The molecule has 138 valence electrons. The maximum absolute atomic E-state index is 9.77. The van der Waals surface area contributed by atoms with Gasteiger partial charge in [0, 0.05) is 5.39 Å². The van der Waals surface area contributed by atoms with E-state index in [1.165, 1.54) is 0 Å². The Morgan fingerprint density at radius 1 is 0.692 bits per heavy atom. The minimum absolute atomic E-state index is 0.228. The van der Waals surface area contributed by atoms with E-state index in [-0.39, 0.29) is 5.75 Å². The SMILES string of the molecule is CCc1cc2ccccc2c(N)c1O.Nc1c(O)c(O)c(O)c(O)c1O. The number of nitrogen functional groups attached to an aromatic ring is 2. The normalized spacial score (nSPS) is 10.3. The molecule has 26 heavy (non-hydrogen) atoms. The molecule has 3 aromatic carbocycles. The van der Waals surface area contributed by atoms with Gasteiger partial charge in [-0.1, -0.05) is 31.2 Å². The number of phenols is 6. The Morgan fingerprint density at radius 2 is 1.19 bits per heavy atom. The number of aromatic hydroxyl groups is 6. The average molecular weight is 360 g/mol. The van der Waals surface area contributed by atoms with Crippen molar-refractivity contribution in [1.29, 1.82) is 0 Å². The summed E-state index contributed by atoms with van der Waals surface area (Å²) in [4.78, 5) is 0. The number of hydrogen-bond donors (Lipinski definition) is 8. The Hall–Kier alpha value is -3.68. The van der Waals surface area contributed by atoms with E-state index in [0.29, 0.717) is 5.69 Å². The van der Waals surface area contributed by atoms with Gasteiger partial charge in [0.2, 0.25) is 17.2 Å². The predicted molar refractivity (Wildman–Crippen MR) is 98.6 cm³/mol. The highest BCUT2D eigenvalue weighted by atomic mass is 16.4. The molecule has 3 aromatic rings. The Kier molecular flexibility index (Phi) is 5.06. The van der Waals surface area contributed by atoms with Gasteiger partial charge in [0.05, 0.1) is 5.69 Å². The van der Waals surface area contributed by atoms with Crippen LogP contribution in [0.2, 0.25) is 0 Å². The summed E-state index contributed by atoms with van der Waals surface area (Å²) in [7, 11) is 0. The van der Waals surface area contributed by atoms with E-state index in [1.807, 2.05) is 37.3 Å². The van der Waals surface area contributed by atoms with Gasteiger partial charge in [-0.2, -0.15) is 0 Å². The number of hydrogen-bond acceptors (Lipinski definition) is 8. The average Bonchev–Trinajstić information content (AvgIpc) is 2.66.